The van der Waals surface area contributed by atoms with Gasteiger partial charge in [-0.15, -0.1) is 0 Å². The average Bonchev–Trinajstić information content (AvgIpc) is 2.45. The Bertz CT molecular complexity index is 601. The van der Waals surface area contributed by atoms with E-state index in [0.717, 1.165) is 28.8 Å². The number of anilines is 1. The number of benzene rings is 1. The van der Waals surface area contributed by atoms with Gasteiger partial charge in [-0.1, -0.05) is 12.2 Å². The van der Waals surface area contributed by atoms with Gasteiger partial charge in [0, 0.05) is 41.2 Å². The predicted molar refractivity (Wildman–Crippen MR) is 91.0 cm³/mol. The van der Waals surface area contributed by atoms with Crippen LogP contribution >= 0.6 is 28.1 Å². The van der Waals surface area contributed by atoms with Crippen molar-refractivity contribution in [3.63, 3.8) is 0 Å². The van der Waals surface area contributed by atoms with Crippen molar-refractivity contribution < 1.29 is 0 Å². The molecule has 1 aromatic carbocycles. The SMILES string of the molecule is CCN(Cc1ccncc1)c1ccc(C(N)=S)c(Br)c1. The molecule has 0 saturated heterocycles. The van der Waals surface area contributed by atoms with Crippen LogP contribution in [0, 0.1) is 0 Å². The number of rotatable bonds is 5. The van der Waals surface area contributed by atoms with E-state index < -0.39 is 0 Å². The molecule has 2 aromatic rings. The highest BCUT2D eigenvalue weighted by Crippen LogP contribution is 2.25. The maximum Gasteiger partial charge on any atom is 0.105 e. The van der Waals surface area contributed by atoms with Crippen molar-refractivity contribution in [2.45, 2.75) is 13.5 Å². The minimum absolute atomic E-state index is 0.403. The summed E-state index contributed by atoms with van der Waals surface area (Å²) in [5.74, 6) is 0. The van der Waals surface area contributed by atoms with Crippen molar-refractivity contribution in [1.29, 1.82) is 0 Å². The van der Waals surface area contributed by atoms with Crippen molar-refractivity contribution in [1.82, 2.24) is 4.98 Å². The van der Waals surface area contributed by atoms with E-state index in [0.29, 0.717) is 4.99 Å². The van der Waals surface area contributed by atoms with Crippen LogP contribution in [0.15, 0.2) is 47.2 Å². The summed E-state index contributed by atoms with van der Waals surface area (Å²) >= 11 is 8.55. The van der Waals surface area contributed by atoms with E-state index in [1.807, 2.05) is 36.7 Å². The fourth-order valence-electron chi connectivity index (χ4n) is 1.99. The number of nitrogens with two attached hydrogens (primary N) is 1. The van der Waals surface area contributed by atoms with Crippen LogP contribution in [-0.2, 0) is 6.54 Å². The second kappa shape index (κ2) is 6.81. The van der Waals surface area contributed by atoms with E-state index in [1.165, 1.54) is 5.56 Å². The number of thiocarbonyl (C=S) groups is 1. The molecule has 0 bridgehead atoms. The highest BCUT2D eigenvalue weighted by Gasteiger charge is 2.09. The number of aromatic nitrogens is 1. The summed E-state index contributed by atoms with van der Waals surface area (Å²) < 4.78 is 0.927. The highest BCUT2D eigenvalue weighted by atomic mass is 79.9. The molecule has 0 fully saturated rings. The topological polar surface area (TPSA) is 42.2 Å². The highest BCUT2D eigenvalue weighted by molar-refractivity contribution is 9.10. The van der Waals surface area contributed by atoms with Crippen LogP contribution in [0.25, 0.3) is 0 Å². The van der Waals surface area contributed by atoms with Crippen molar-refractivity contribution in [2.24, 2.45) is 5.73 Å². The van der Waals surface area contributed by atoms with Crippen molar-refractivity contribution >= 4 is 38.8 Å². The number of nitrogens with zero attached hydrogens (tertiary/aromatic N) is 2. The molecule has 0 aliphatic rings. The van der Waals surface area contributed by atoms with Gasteiger partial charge in [-0.2, -0.15) is 0 Å². The number of halogens is 1. The van der Waals surface area contributed by atoms with Gasteiger partial charge in [0.05, 0.1) is 0 Å². The molecule has 0 radical (unpaired) electrons. The Morgan fingerprint density at radius 3 is 2.55 bits per heavy atom. The first-order valence-electron chi connectivity index (χ1n) is 6.35. The average molecular weight is 350 g/mol. The number of hydrogen-bond acceptors (Lipinski definition) is 3. The largest absolute Gasteiger partial charge is 0.389 e. The first-order chi connectivity index (χ1) is 9.61. The van der Waals surface area contributed by atoms with Crippen molar-refractivity contribution in [3.8, 4) is 0 Å². The molecule has 3 nitrogen and oxygen atoms in total. The smallest absolute Gasteiger partial charge is 0.105 e. The molecule has 0 atom stereocenters. The van der Waals surface area contributed by atoms with Gasteiger partial charge in [-0.3, -0.25) is 4.98 Å². The standard InChI is InChI=1S/C15H16BrN3S/c1-2-19(10-11-5-7-18-8-6-11)12-3-4-13(15(17)20)14(16)9-12/h3-9H,2,10H2,1H3,(H2,17,20). The monoisotopic (exact) mass is 349 g/mol. The van der Waals surface area contributed by atoms with Gasteiger partial charge in [0.1, 0.15) is 4.99 Å². The molecule has 0 saturated carbocycles. The van der Waals surface area contributed by atoms with Gasteiger partial charge in [0.2, 0.25) is 0 Å². The summed E-state index contributed by atoms with van der Waals surface area (Å²) in [6, 6.07) is 10.1. The van der Waals surface area contributed by atoms with Crippen LogP contribution in [0.3, 0.4) is 0 Å². The Labute approximate surface area is 132 Å². The van der Waals surface area contributed by atoms with Gasteiger partial charge in [-0.25, -0.2) is 0 Å². The lowest BCUT2D eigenvalue weighted by atomic mass is 10.1. The minimum Gasteiger partial charge on any atom is -0.389 e. The minimum atomic E-state index is 0.403. The van der Waals surface area contributed by atoms with Crippen molar-refractivity contribution in [2.75, 3.05) is 11.4 Å². The van der Waals surface area contributed by atoms with E-state index in [1.54, 1.807) is 0 Å². The molecule has 0 aliphatic heterocycles. The molecular weight excluding hydrogens is 334 g/mol. The van der Waals surface area contributed by atoms with Gasteiger partial charge >= 0.3 is 0 Å². The zero-order valence-corrected chi connectivity index (χ0v) is 13.6. The summed E-state index contributed by atoms with van der Waals surface area (Å²) in [5.41, 5.74) is 8.91. The Morgan fingerprint density at radius 2 is 2.00 bits per heavy atom. The molecule has 0 unspecified atom stereocenters. The van der Waals surface area contributed by atoms with E-state index in [-0.39, 0.29) is 0 Å². The quantitative estimate of drug-likeness (QED) is 0.838. The van der Waals surface area contributed by atoms with E-state index in [9.17, 15) is 0 Å². The van der Waals surface area contributed by atoms with Gasteiger partial charge < -0.3 is 10.6 Å². The Kier molecular flexibility index (Phi) is 5.09. The Hall–Kier alpha value is -1.46. The summed E-state index contributed by atoms with van der Waals surface area (Å²) in [6.07, 6.45) is 3.63. The Morgan fingerprint density at radius 1 is 1.30 bits per heavy atom. The maximum atomic E-state index is 5.68. The molecule has 0 aliphatic carbocycles. The lowest BCUT2D eigenvalue weighted by molar-refractivity contribution is 0.830. The first kappa shape index (κ1) is 14.9. The molecule has 1 aromatic heterocycles. The van der Waals surface area contributed by atoms with E-state index in [4.69, 9.17) is 18.0 Å². The first-order valence-corrected chi connectivity index (χ1v) is 7.55. The molecule has 2 rings (SSSR count). The third kappa shape index (κ3) is 3.55. The number of hydrogen-bond donors (Lipinski definition) is 1. The van der Waals surface area contributed by atoms with Crippen LogP contribution in [0.4, 0.5) is 5.69 Å². The van der Waals surface area contributed by atoms with Crippen LogP contribution < -0.4 is 10.6 Å². The van der Waals surface area contributed by atoms with Gasteiger partial charge in [0.15, 0.2) is 0 Å². The van der Waals surface area contributed by atoms with Crippen LogP contribution in [-0.4, -0.2) is 16.5 Å². The van der Waals surface area contributed by atoms with Crippen LogP contribution in [0.1, 0.15) is 18.1 Å². The van der Waals surface area contributed by atoms with Gasteiger partial charge in [-0.05, 0) is 58.7 Å². The maximum absolute atomic E-state index is 5.68. The second-order valence-electron chi connectivity index (χ2n) is 4.40. The lowest BCUT2D eigenvalue weighted by Gasteiger charge is -2.24. The molecule has 2 N–H and O–H groups in total. The third-order valence-electron chi connectivity index (χ3n) is 3.09. The molecular formula is C15H16BrN3S. The lowest BCUT2D eigenvalue weighted by Crippen LogP contribution is -2.22. The summed E-state index contributed by atoms with van der Waals surface area (Å²) in [4.78, 5) is 6.73. The van der Waals surface area contributed by atoms with Crippen molar-refractivity contribution in [3.05, 3.63) is 58.3 Å². The number of pyridine rings is 1. The molecule has 0 amide bonds. The predicted octanol–water partition coefficient (Wildman–Crippen LogP) is 3.50. The molecule has 0 spiro atoms. The van der Waals surface area contributed by atoms with E-state index >= 15 is 0 Å². The molecule has 1 heterocycles. The molecule has 20 heavy (non-hydrogen) atoms. The Balaban J connectivity index is 2.24. The second-order valence-corrected chi connectivity index (χ2v) is 5.69. The normalized spacial score (nSPS) is 10.3. The van der Waals surface area contributed by atoms with Gasteiger partial charge in [0.25, 0.3) is 0 Å². The summed E-state index contributed by atoms with van der Waals surface area (Å²) in [5, 5.41) is 0. The fourth-order valence-corrected chi connectivity index (χ4v) is 2.88. The van der Waals surface area contributed by atoms with Crippen LogP contribution in [0.5, 0.6) is 0 Å². The summed E-state index contributed by atoms with van der Waals surface area (Å²) in [7, 11) is 0. The van der Waals surface area contributed by atoms with E-state index in [2.05, 4.69) is 38.8 Å². The third-order valence-corrected chi connectivity index (χ3v) is 3.96. The summed E-state index contributed by atoms with van der Waals surface area (Å²) in [6.45, 7) is 3.90. The molecule has 5 heteroatoms. The zero-order valence-electron chi connectivity index (χ0n) is 11.2. The zero-order chi connectivity index (χ0) is 14.5. The molecule has 104 valence electrons. The van der Waals surface area contributed by atoms with Crippen LogP contribution in [0.2, 0.25) is 0 Å². The fraction of sp³-hybridized carbons (Fsp3) is 0.200.